The Morgan fingerprint density at radius 3 is 2.73 bits per heavy atom. The number of hydrogen-bond acceptors (Lipinski definition) is 1. The summed E-state index contributed by atoms with van der Waals surface area (Å²) in [5.41, 5.74) is 0.0145. The van der Waals surface area contributed by atoms with Crippen molar-refractivity contribution in [2.75, 3.05) is 0 Å². The Hall–Kier alpha value is -0.790. The second kappa shape index (κ2) is 3.07. The summed E-state index contributed by atoms with van der Waals surface area (Å²) in [6, 6.07) is 0. The largest absolute Gasteiger partial charge is 0.351 e. The molecule has 0 aromatic rings. The quantitative estimate of drug-likeness (QED) is 0.570. The average molecular weight is 153 g/mol. The van der Waals surface area contributed by atoms with Gasteiger partial charge in [0.05, 0.1) is 0 Å². The summed E-state index contributed by atoms with van der Waals surface area (Å²) in [5.74, 6) is 0.0720. The molecule has 62 valence electrons. The Balaban J connectivity index is 2.52. The fourth-order valence-corrected chi connectivity index (χ4v) is 1.50. The highest BCUT2D eigenvalue weighted by Gasteiger charge is 2.24. The van der Waals surface area contributed by atoms with Gasteiger partial charge >= 0.3 is 0 Å². The van der Waals surface area contributed by atoms with Crippen LogP contribution in [-0.2, 0) is 4.79 Å². The molecule has 0 aromatic heterocycles. The number of nitrogens with one attached hydrogen (secondary N) is 1. The molecule has 1 rings (SSSR count). The van der Waals surface area contributed by atoms with Gasteiger partial charge in [-0.15, -0.1) is 0 Å². The lowest BCUT2D eigenvalue weighted by Gasteiger charge is -2.31. The predicted octanol–water partition coefficient (Wildman–Crippen LogP) is 1.62. The van der Waals surface area contributed by atoms with E-state index in [0.717, 1.165) is 19.3 Å². The molecule has 0 spiro atoms. The van der Waals surface area contributed by atoms with E-state index in [1.165, 1.54) is 0 Å². The molecule has 0 bridgehead atoms. The summed E-state index contributed by atoms with van der Waals surface area (Å²) in [5, 5.41) is 2.97. The third-order valence-electron chi connectivity index (χ3n) is 2.08. The van der Waals surface area contributed by atoms with Crippen molar-refractivity contribution >= 4 is 5.91 Å². The van der Waals surface area contributed by atoms with Gasteiger partial charge in [0.15, 0.2) is 0 Å². The molecule has 0 radical (unpaired) electrons. The van der Waals surface area contributed by atoms with Crippen molar-refractivity contribution in [3.8, 4) is 0 Å². The van der Waals surface area contributed by atoms with Crippen LogP contribution in [0.4, 0.5) is 0 Å². The van der Waals surface area contributed by atoms with Crippen molar-refractivity contribution in [1.82, 2.24) is 5.32 Å². The van der Waals surface area contributed by atoms with Crippen LogP contribution in [-0.4, -0.2) is 11.4 Å². The predicted molar refractivity (Wildman–Crippen MR) is 45.2 cm³/mol. The standard InChI is InChI=1S/C9H15NO/c1-8(11)10-9(2)6-4-3-5-7-9/h3-4H,5-7H2,1-2H3,(H,10,11). The Morgan fingerprint density at radius 2 is 2.27 bits per heavy atom. The molecule has 11 heavy (non-hydrogen) atoms. The van der Waals surface area contributed by atoms with Crippen molar-refractivity contribution in [3.05, 3.63) is 12.2 Å². The maximum atomic E-state index is 10.8. The van der Waals surface area contributed by atoms with Gasteiger partial charge in [0.1, 0.15) is 0 Å². The average Bonchev–Trinajstić information content (AvgIpc) is 1.85. The highest BCUT2D eigenvalue weighted by Crippen LogP contribution is 2.22. The van der Waals surface area contributed by atoms with Gasteiger partial charge in [-0.2, -0.15) is 0 Å². The molecule has 2 nitrogen and oxygen atoms in total. The summed E-state index contributed by atoms with van der Waals surface area (Å²) in [6.45, 7) is 3.67. The number of rotatable bonds is 1. The second-order valence-corrected chi connectivity index (χ2v) is 3.46. The Morgan fingerprint density at radius 1 is 1.55 bits per heavy atom. The van der Waals surface area contributed by atoms with Gasteiger partial charge in [0.25, 0.3) is 0 Å². The number of allylic oxidation sites excluding steroid dienone is 1. The Kier molecular flexibility index (Phi) is 2.32. The smallest absolute Gasteiger partial charge is 0.217 e. The van der Waals surface area contributed by atoms with Gasteiger partial charge in [0, 0.05) is 12.5 Å². The van der Waals surface area contributed by atoms with Crippen LogP contribution in [0, 0.1) is 0 Å². The Bertz CT molecular complexity index is 186. The minimum absolute atomic E-state index is 0.0145. The molecule has 0 aromatic carbocycles. The maximum Gasteiger partial charge on any atom is 0.217 e. The van der Waals surface area contributed by atoms with Gasteiger partial charge in [-0.05, 0) is 26.2 Å². The van der Waals surface area contributed by atoms with Crippen LogP contribution in [0.1, 0.15) is 33.1 Å². The molecule has 0 saturated carbocycles. The van der Waals surface area contributed by atoms with Gasteiger partial charge in [-0.25, -0.2) is 0 Å². The highest BCUT2D eigenvalue weighted by atomic mass is 16.1. The maximum absolute atomic E-state index is 10.8. The number of carbonyl (C=O) groups excluding carboxylic acids is 1. The van der Waals surface area contributed by atoms with Crippen LogP contribution < -0.4 is 5.32 Å². The first-order valence-electron chi connectivity index (χ1n) is 4.06. The van der Waals surface area contributed by atoms with Crippen LogP contribution in [0.25, 0.3) is 0 Å². The lowest BCUT2D eigenvalue weighted by Crippen LogP contribution is -2.45. The third kappa shape index (κ3) is 2.37. The Labute approximate surface area is 67.7 Å². The zero-order valence-corrected chi connectivity index (χ0v) is 7.18. The molecule has 1 aliphatic rings. The minimum atomic E-state index is 0.0145. The lowest BCUT2D eigenvalue weighted by molar-refractivity contribution is -0.120. The molecule has 0 saturated heterocycles. The topological polar surface area (TPSA) is 29.1 Å². The number of hydrogen-bond donors (Lipinski definition) is 1. The van der Waals surface area contributed by atoms with Crippen LogP contribution in [0.2, 0.25) is 0 Å². The molecule has 1 amide bonds. The van der Waals surface area contributed by atoms with E-state index in [2.05, 4.69) is 24.4 Å². The lowest BCUT2D eigenvalue weighted by atomic mass is 9.88. The SMILES string of the molecule is CC(=O)NC1(C)CC=CCC1. The van der Waals surface area contributed by atoms with E-state index in [4.69, 9.17) is 0 Å². The van der Waals surface area contributed by atoms with Crippen molar-refractivity contribution < 1.29 is 4.79 Å². The molecule has 0 fully saturated rings. The second-order valence-electron chi connectivity index (χ2n) is 3.46. The fourth-order valence-electron chi connectivity index (χ4n) is 1.50. The molecule has 1 unspecified atom stereocenters. The first-order chi connectivity index (χ1) is 5.12. The normalized spacial score (nSPS) is 30.0. The summed E-state index contributed by atoms with van der Waals surface area (Å²) in [7, 11) is 0. The molecular weight excluding hydrogens is 138 g/mol. The highest BCUT2D eigenvalue weighted by molar-refractivity contribution is 5.73. The van der Waals surface area contributed by atoms with Gasteiger partial charge in [-0.3, -0.25) is 4.79 Å². The molecule has 0 aliphatic heterocycles. The zero-order valence-electron chi connectivity index (χ0n) is 7.18. The van der Waals surface area contributed by atoms with Gasteiger partial charge in [0.2, 0.25) is 5.91 Å². The van der Waals surface area contributed by atoms with Crippen molar-refractivity contribution in [2.24, 2.45) is 0 Å². The zero-order chi connectivity index (χ0) is 8.32. The molecule has 1 N–H and O–H groups in total. The van der Waals surface area contributed by atoms with Crippen LogP contribution in [0.15, 0.2) is 12.2 Å². The van der Waals surface area contributed by atoms with Crippen LogP contribution in [0.3, 0.4) is 0 Å². The van der Waals surface area contributed by atoms with E-state index in [1.54, 1.807) is 6.92 Å². The summed E-state index contributed by atoms with van der Waals surface area (Å²) in [4.78, 5) is 10.8. The first kappa shape index (κ1) is 8.31. The monoisotopic (exact) mass is 153 g/mol. The minimum Gasteiger partial charge on any atom is -0.351 e. The van der Waals surface area contributed by atoms with E-state index >= 15 is 0 Å². The van der Waals surface area contributed by atoms with Crippen molar-refractivity contribution in [2.45, 2.75) is 38.6 Å². The van der Waals surface area contributed by atoms with E-state index in [1.807, 2.05) is 0 Å². The third-order valence-corrected chi connectivity index (χ3v) is 2.08. The summed E-state index contributed by atoms with van der Waals surface area (Å²) in [6.07, 6.45) is 7.41. The van der Waals surface area contributed by atoms with E-state index in [9.17, 15) is 4.79 Å². The van der Waals surface area contributed by atoms with Gasteiger partial charge in [-0.1, -0.05) is 12.2 Å². The van der Waals surface area contributed by atoms with E-state index in [-0.39, 0.29) is 11.4 Å². The first-order valence-corrected chi connectivity index (χ1v) is 4.06. The molecular formula is C9H15NO. The number of amides is 1. The van der Waals surface area contributed by atoms with Crippen LogP contribution in [0.5, 0.6) is 0 Å². The fraction of sp³-hybridized carbons (Fsp3) is 0.667. The molecule has 1 aliphatic carbocycles. The number of carbonyl (C=O) groups is 1. The summed E-state index contributed by atoms with van der Waals surface area (Å²) >= 11 is 0. The van der Waals surface area contributed by atoms with Crippen molar-refractivity contribution in [3.63, 3.8) is 0 Å². The molecule has 1 atom stereocenters. The van der Waals surface area contributed by atoms with Crippen molar-refractivity contribution in [1.29, 1.82) is 0 Å². The molecule has 2 heteroatoms. The van der Waals surface area contributed by atoms with Gasteiger partial charge < -0.3 is 5.32 Å². The summed E-state index contributed by atoms with van der Waals surface area (Å²) < 4.78 is 0. The molecule has 0 heterocycles. The van der Waals surface area contributed by atoms with E-state index in [0.29, 0.717) is 0 Å². The van der Waals surface area contributed by atoms with Crippen LogP contribution >= 0.6 is 0 Å². The van der Waals surface area contributed by atoms with E-state index < -0.39 is 0 Å².